The summed E-state index contributed by atoms with van der Waals surface area (Å²) >= 11 is 16.3. The number of ether oxygens (including phenoxy) is 4. The molecule has 2 N–H and O–H groups in total. The minimum Gasteiger partial charge on any atom is -0.369 e. The molecule has 1 radical (unpaired) electrons. The van der Waals surface area contributed by atoms with E-state index in [1.807, 2.05) is 48.5 Å². The van der Waals surface area contributed by atoms with E-state index in [-0.39, 0.29) is 24.5 Å². The van der Waals surface area contributed by atoms with Gasteiger partial charge in [-0.15, -0.1) is 0 Å². The van der Waals surface area contributed by atoms with Gasteiger partial charge in [0.15, 0.2) is 11.6 Å². The summed E-state index contributed by atoms with van der Waals surface area (Å²) in [7, 11) is 0. The molecular weight excluding hydrogens is 1210 g/mol. The zero-order valence-corrected chi connectivity index (χ0v) is 38.7. The average molecular weight is 1250 g/mol. The molecule has 253 valence electrons. The van der Waals surface area contributed by atoms with Crippen LogP contribution in [0.1, 0.15) is 63.5 Å². The topological polar surface area (TPSA) is 104 Å². The standard InChI is InChI=1S/C13H14BrNO3.C13H12BrNO2.C3H5I3.C3H6I.V/c14-10-3-1-9(2-4-10)12(11(15)16)7-13(8-12)17-5-6-18-13;14-11-3-1-10(2-4-11)12(9-15)7-13(8-12)16-5-6-17-13;1-2-3(4,5)6;1-2-3-4;/h1-4H,5-8H2,(H2,15,16);1-4H,5-8H2;2H2,1H3;3H,2H2,1H3;/q;;;-1;. The SMILES string of the molecule is CCC(I)(I)I.CC[CH-]I.N#CC1(c2ccc(Br)cc2)CC2(C1)OCCO2.NC(=O)C1(c2ccc(Br)cc2)CC2(C1)OCCO2.[V]. The number of amides is 1. The number of carbonyl (C=O) groups is 1. The second-order valence-electron chi connectivity index (χ2n) is 11.1. The number of benzene rings is 2. The van der Waals surface area contributed by atoms with E-state index < -0.39 is 22.4 Å². The number of primary amides is 1. The first-order chi connectivity index (χ1) is 21.2. The fourth-order valence-electron chi connectivity index (χ4n) is 5.54. The van der Waals surface area contributed by atoms with Gasteiger partial charge in [0.2, 0.25) is 5.91 Å². The van der Waals surface area contributed by atoms with Crippen molar-refractivity contribution in [2.75, 3.05) is 26.4 Å². The summed E-state index contributed by atoms with van der Waals surface area (Å²) in [6.45, 7) is 6.77. The first-order valence-corrected chi connectivity index (χ1v) is 20.6. The van der Waals surface area contributed by atoms with Gasteiger partial charge < -0.3 is 47.3 Å². The molecule has 0 unspecified atom stereocenters. The van der Waals surface area contributed by atoms with Crippen LogP contribution in [0.5, 0.6) is 0 Å². The molecule has 0 aromatic heterocycles. The molecule has 2 aromatic rings. The van der Waals surface area contributed by atoms with Crippen LogP contribution in [-0.4, -0.2) is 43.3 Å². The van der Waals surface area contributed by atoms with E-state index in [0.717, 1.165) is 20.1 Å². The van der Waals surface area contributed by atoms with Gasteiger partial charge in [-0.05, 0) is 41.8 Å². The summed E-state index contributed by atoms with van der Waals surface area (Å²) in [5.41, 5.74) is 6.49. The number of hydrogen-bond donors (Lipinski definition) is 1. The number of hydrogen-bond acceptors (Lipinski definition) is 6. The van der Waals surface area contributed by atoms with E-state index in [9.17, 15) is 10.1 Å². The van der Waals surface area contributed by atoms with Crippen LogP contribution >= 0.6 is 122 Å². The second kappa shape index (κ2) is 19.5. The first kappa shape index (κ1) is 43.9. The second-order valence-corrected chi connectivity index (χ2v) is 25.5. The molecule has 0 atom stereocenters. The van der Waals surface area contributed by atoms with Crippen LogP contribution in [0.4, 0.5) is 0 Å². The Bertz CT molecular complexity index is 1280. The molecular formula is C32H37Br2I4N2O5V-. The van der Waals surface area contributed by atoms with Gasteiger partial charge in [-0.1, -0.05) is 138 Å². The molecule has 1 amide bonds. The van der Waals surface area contributed by atoms with Crippen molar-refractivity contribution < 1.29 is 42.3 Å². The van der Waals surface area contributed by atoms with E-state index >= 15 is 0 Å². The van der Waals surface area contributed by atoms with Gasteiger partial charge >= 0.3 is 0 Å². The van der Waals surface area contributed by atoms with Crippen molar-refractivity contribution in [2.45, 2.75) is 74.2 Å². The molecule has 4 aliphatic rings. The third kappa shape index (κ3) is 11.6. The molecule has 6 rings (SSSR count). The summed E-state index contributed by atoms with van der Waals surface area (Å²) in [5.74, 6) is -1.38. The number of alkyl halides is 3. The summed E-state index contributed by atoms with van der Waals surface area (Å²) < 4.78 is 26.9. The Morgan fingerprint density at radius 2 is 1.20 bits per heavy atom. The maximum atomic E-state index is 11.8. The summed E-state index contributed by atoms with van der Waals surface area (Å²) in [6.07, 6.45) is 4.71. The van der Waals surface area contributed by atoms with Crippen molar-refractivity contribution in [3.8, 4) is 6.07 Å². The van der Waals surface area contributed by atoms with Crippen LogP contribution in [0.2, 0.25) is 0 Å². The molecule has 2 aliphatic carbocycles. The number of nitriles is 1. The maximum absolute atomic E-state index is 11.8. The van der Waals surface area contributed by atoms with Crippen LogP contribution < -0.4 is 5.73 Å². The predicted octanol–water partition coefficient (Wildman–Crippen LogP) is 9.80. The van der Waals surface area contributed by atoms with Crippen molar-refractivity contribution in [2.24, 2.45) is 5.73 Å². The molecule has 14 heteroatoms. The van der Waals surface area contributed by atoms with Gasteiger partial charge in [0.25, 0.3) is 0 Å². The number of nitrogens with zero attached hydrogens (tertiary/aromatic N) is 1. The fourth-order valence-corrected chi connectivity index (χ4v) is 6.07. The fraction of sp³-hybridized carbons (Fsp3) is 0.531. The normalized spacial score (nSPS) is 22.6. The molecule has 7 nitrogen and oxygen atoms in total. The monoisotopic (exact) mass is 1250 g/mol. The van der Waals surface area contributed by atoms with Gasteiger partial charge in [-0.25, -0.2) is 0 Å². The molecule has 4 fully saturated rings. The van der Waals surface area contributed by atoms with Gasteiger partial charge in [0.05, 0.1) is 43.3 Å². The maximum Gasteiger partial charge on any atom is 0.228 e. The van der Waals surface area contributed by atoms with E-state index in [2.05, 4.69) is 147 Å². The zero-order valence-electron chi connectivity index (χ0n) is 25.5. The minimum absolute atomic E-state index is 0. The quantitative estimate of drug-likeness (QED) is 0.182. The van der Waals surface area contributed by atoms with Crippen LogP contribution in [0.15, 0.2) is 57.5 Å². The minimum atomic E-state index is -0.648. The van der Waals surface area contributed by atoms with Crippen LogP contribution in [0, 0.1) is 15.8 Å². The molecule has 2 spiro atoms. The Labute approximate surface area is 356 Å². The Balaban J connectivity index is 0.000000245. The van der Waals surface area contributed by atoms with Crippen molar-refractivity contribution in [3.63, 3.8) is 0 Å². The predicted molar refractivity (Wildman–Crippen MR) is 218 cm³/mol. The van der Waals surface area contributed by atoms with Crippen LogP contribution in [0.3, 0.4) is 0 Å². The number of rotatable bonds is 5. The van der Waals surface area contributed by atoms with Crippen LogP contribution in [-0.2, 0) is 53.1 Å². The molecule has 0 bridgehead atoms. The van der Waals surface area contributed by atoms with Gasteiger partial charge in [0.1, 0.15) is -0.565 Å². The average Bonchev–Trinajstić information content (AvgIpc) is 3.67. The van der Waals surface area contributed by atoms with E-state index in [4.69, 9.17) is 24.7 Å². The molecule has 2 heterocycles. The summed E-state index contributed by atoms with van der Waals surface area (Å²) in [6, 6.07) is 18.0. The molecule has 46 heavy (non-hydrogen) atoms. The summed E-state index contributed by atoms with van der Waals surface area (Å²) in [5, 5.41) is 9.43. The Hall–Kier alpha value is 1.70. The summed E-state index contributed by atoms with van der Waals surface area (Å²) in [4.78, 5) is 11.8. The Morgan fingerprint density at radius 1 is 0.848 bits per heavy atom. The van der Waals surface area contributed by atoms with Gasteiger partial charge in [-0.3, -0.25) is 9.22 Å². The van der Waals surface area contributed by atoms with Crippen LogP contribution in [0.25, 0.3) is 0 Å². The number of nitrogens with two attached hydrogens (primary N) is 1. The van der Waals surface area contributed by atoms with E-state index in [1.165, 1.54) is 12.8 Å². The molecule has 2 saturated carbocycles. The van der Waals surface area contributed by atoms with E-state index in [1.54, 1.807) is 0 Å². The van der Waals surface area contributed by atoms with E-state index in [0.29, 0.717) is 51.5 Å². The van der Waals surface area contributed by atoms with Crippen molar-refractivity contribution >= 4 is 128 Å². The van der Waals surface area contributed by atoms with Crippen molar-refractivity contribution in [3.05, 3.63) is 73.0 Å². The smallest absolute Gasteiger partial charge is 0.228 e. The Morgan fingerprint density at radius 3 is 1.50 bits per heavy atom. The van der Waals surface area contributed by atoms with Crippen molar-refractivity contribution in [1.29, 1.82) is 5.26 Å². The van der Waals surface area contributed by atoms with Crippen molar-refractivity contribution in [1.82, 2.24) is 0 Å². The molecule has 2 aliphatic heterocycles. The Kier molecular flexibility index (Phi) is 18.6. The number of carbonyl (C=O) groups excluding carboxylic acids is 1. The first-order valence-electron chi connectivity index (χ1n) is 14.5. The van der Waals surface area contributed by atoms with Gasteiger partial charge in [0, 0.05) is 53.2 Å². The van der Waals surface area contributed by atoms with Gasteiger partial charge in [-0.2, -0.15) is 11.7 Å². The third-order valence-corrected chi connectivity index (χ3v) is 12.2. The largest absolute Gasteiger partial charge is 0.369 e. The number of halogens is 6. The molecule has 2 saturated heterocycles. The zero-order chi connectivity index (χ0) is 33.4. The molecule has 2 aromatic carbocycles. The third-order valence-electron chi connectivity index (χ3n) is 7.95.